The van der Waals surface area contributed by atoms with Gasteiger partial charge in [-0.2, -0.15) is 12.6 Å². The van der Waals surface area contributed by atoms with Crippen LogP contribution in [0.5, 0.6) is 0 Å². The molecule has 0 aromatic carbocycles. The number of ether oxygens (including phenoxy) is 5. The molecule has 0 spiro atoms. The van der Waals surface area contributed by atoms with Gasteiger partial charge in [0, 0.05) is 11.2 Å². The van der Waals surface area contributed by atoms with Gasteiger partial charge in [0.25, 0.3) is 0 Å². The molecule has 0 heterocycles. The minimum absolute atomic E-state index is 0.0551. The first-order valence-electron chi connectivity index (χ1n) is 12.1. The molecule has 0 bridgehead atoms. The molecule has 2 aliphatic rings. The summed E-state index contributed by atoms with van der Waals surface area (Å²) in [5.74, 6) is -4.63. The molecule has 1 amide bonds. The molecule has 2 saturated carbocycles. The van der Waals surface area contributed by atoms with Crippen LogP contribution in [0.4, 0.5) is 4.79 Å². The second-order valence-electron chi connectivity index (χ2n) is 12.5. The summed E-state index contributed by atoms with van der Waals surface area (Å²) in [5, 5.41) is 2.14. The number of thiol groups is 1. The van der Waals surface area contributed by atoms with Crippen LogP contribution in [0.3, 0.4) is 0 Å². The zero-order chi connectivity index (χ0) is 28.6. The van der Waals surface area contributed by atoms with E-state index in [1.54, 1.807) is 62.3 Å². The number of rotatable bonds is 7. The maximum Gasteiger partial charge on any atom is 0.408 e. The highest BCUT2D eigenvalue weighted by atomic mass is 32.1. The molecule has 0 unspecified atom stereocenters. The number of esters is 4. The van der Waals surface area contributed by atoms with Crippen molar-refractivity contribution in [3.63, 3.8) is 0 Å². The lowest BCUT2D eigenvalue weighted by Gasteiger charge is -2.32. The van der Waals surface area contributed by atoms with Crippen LogP contribution < -0.4 is 5.32 Å². The van der Waals surface area contributed by atoms with E-state index in [4.69, 9.17) is 23.7 Å². The Kier molecular flexibility index (Phi) is 8.89. The number of alkyl carbamates (subject to hydrolysis) is 1. The Morgan fingerprint density at radius 3 is 1.76 bits per heavy atom. The highest BCUT2D eigenvalue weighted by Crippen LogP contribution is 2.64. The van der Waals surface area contributed by atoms with Crippen LogP contribution in [-0.4, -0.2) is 59.9 Å². The molecule has 12 heteroatoms. The fourth-order valence-electron chi connectivity index (χ4n) is 4.18. The lowest BCUT2D eigenvalue weighted by Crippen LogP contribution is -2.58. The minimum atomic E-state index is -1.67. The van der Waals surface area contributed by atoms with Crippen molar-refractivity contribution in [1.82, 2.24) is 5.32 Å². The molecule has 0 aliphatic heterocycles. The number of nitrogens with one attached hydrogen (secondary N) is 1. The van der Waals surface area contributed by atoms with Gasteiger partial charge in [0.05, 0.1) is 16.7 Å². The number of carbonyl (C=O) groups is 5. The number of fused-ring (bicyclic) bond motifs is 1. The molecule has 2 fully saturated rings. The Labute approximate surface area is 223 Å². The van der Waals surface area contributed by atoms with E-state index in [9.17, 15) is 24.0 Å². The smallest absolute Gasteiger partial charge is 0.408 e. The predicted octanol–water partition coefficient (Wildman–Crippen LogP) is 2.99. The largest absolute Gasteiger partial charge is 0.444 e. The maximum absolute atomic E-state index is 13.3. The molecule has 210 valence electrons. The topological polar surface area (TPSA) is 144 Å². The van der Waals surface area contributed by atoms with Crippen LogP contribution in [0.1, 0.15) is 68.7 Å². The average molecular weight is 546 g/mol. The summed E-state index contributed by atoms with van der Waals surface area (Å²) in [6.07, 6.45) is -0.824. The quantitative estimate of drug-likeness (QED) is 0.212. The van der Waals surface area contributed by atoms with Crippen LogP contribution in [-0.2, 0) is 42.9 Å². The van der Waals surface area contributed by atoms with Crippen molar-refractivity contribution < 1.29 is 47.7 Å². The Morgan fingerprint density at radius 2 is 1.30 bits per heavy atom. The zero-order valence-electron chi connectivity index (χ0n) is 23.0. The highest BCUT2D eigenvalue weighted by molar-refractivity contribution is 7.81. The van der Waals surface area contributed by atoms with Gasteiger partial charge in [-0.1, -0.05) is 0 Å². The molecule has 2 rings (SSSR count). The number of carbonyl (C=O) groups excluding carboxylic acids is 5. The van der Waals surface area contributed by atoms with Gasteiger partial charge in [-0.3, -0.25) is 14.4 Å². The van der Waals surface area contributed by atoms with E-state index in [1.807, 2.05) is 0 Å². The summed E-state index contributed by atoms with van der Waals surface area (Å²) < 4.78 is 25.8. The molecule has 37 heavy (non-hydrogen) atoms. The normalized spacial score (nSPS) is 26.9. The molecule has 0 aromatic heterocycles. The summed E-state index contributed by atoms with van der Waals surface area (Å²) in [7, 11) is 0. The molecule has 2 aliphatic carbocycles. The zero-order valence-corrected chi connectivity index (χ0v) is 23.9. The van der Waals surface area contributed by atoms with Crippen molar-refractivity contribution in [2.75, 3.05) is 13.6 Å². The van der Waals surface area contributed by atoms with Crippen molar-refractivity contribution in [3.05, 3.63) is 0 Å². The average Bonchev–Trinajstić information content (AvgIpc) is 3.40. The van der Waals surface area contributed by atoms with E-state index in [-0.39, 0.29) is 6.42 Å². The van der Waals surface area contributed by atoms with E-state index >= 15 is 0 Å². The second-order valence-corrected chi connectivity index (χ2v) is 13.2. The van der Waals surface area contributed by atoms with Gasteiger partial charge in [-0.25, -0.2) is 9.59 Å². The SMILES string of the molecule is CC(C)(C)OC(=O)N[C@@]1(C(=O)OCOC(=O)C(C)(C)C)C[C@H](S)[C@H]2[C@H](C(=O)OCOC(=O)C(C)(C)C)[C@H]21. The third-order valence-corrected chi connectivity index (χ3v) is 6.50. The Morgan fingerprint density at radius 1 is 0.811 bits per heavy atom. The van der Waals surface area contributed by atoms with Gasteiger partial charge >= 0.3 is 30.0 Å². The van der Waals surface area contributed by atoms with Crippen molar-refractivity contribution >= 4 is 42.6 Å². The van der Waals surface area contributed by atoms with Gasteiger partial charge in [0.15, 0.2) is 0 Å². The van der Waals surface area contributed by atoms with Crippen LogP contribution >= 0.6 is 12.6 Å². The van der Waals surface area contributed by atoms with Crippen LogP contribution in [0.2, 0.25) is 0 Å². The van der Waals surface area contributed by atoms with Gasteiger partial charge in [0.2, 0.25) is 13.6 Å². The van der Waals surface area contributed by atoms with E-state index in [1.165, 1.54) is 0 Å². The Balaban J connectivity index is 2.17. The number of hydrogen-bond acceptors (Lipinski definition) is 11. The maximum atomic E-state index is 13.3. The molecule has 1 N–H and O–H groups in total. The predicted molar refractivity (Wildman–Crippen MR) is 133 cm³/mol. The molecule has 0 radical (unpaired) electrons. The fraction of sp³-hybridized carbons (Fsp3) is 0.800. The molecular formula is C25H39NO10S. The number of amides is 1. The number of hydrogen-bond donors (Lipinski definition) is 2. The van der Waals surface area contributed by atoms with Gasteiger partial charge in [-0.15, -0.1) is 0 Å². The van der Waals surface area contributed by atoms with Crippen LogP contribution in [0, 0.1) is 28.6 Å². The second kappa shape index (κ2) is 10.7. The first-order chi connectivity index (χ1) is 16.7. The lowest BCUT2D eigenvalue weighted by molar-refractivity contribution is -0.177. The molecule has 5 atom stereocenters. The van der Waals surface area contributed by atoms with Crippen LogP contribution in [0.25, 0.3) is 0 Å². The first kappa shape index (κ1) is 30.7. The van der Waals surface area contributed by atoms with Crippen molar-refractivity contribution in [2.24, 2.45) is 28.6 Å². The first-order valence-corrected chi connectivity index (χ1v) is 12.6. The fourth-order valence-corrected chi connectivity index (χ4v) is 4.84. The van der Waals surface area contributed by atoms with E-state index in [0.717, 1.165) is 0 Å². The summed E-state index contributed by atoms with van der Waals surface area (Å²) in [6, 6.07) is 0. The summed E-state index contributed by atoms with van der Waals surface area (Å²) in [5.41, 5.74) is -4.10. The molecule has 0 saturated heterocycles. The molecule has 11 nitrogen and oxygen atoms in total. The highest BCUT2D eigenvalue weighted by Gasteiger charge is 2.76. The minimum Gasteiger partial charge on any atom is -0.444 e. The van der Waals surface area contributed by atoms with E-state index < -0.39 is 88.5 Å². The van der Waals surface area contributed by atoms with E-state index in [0.29, 0.717) is 0 Å². The summed E-state index contributed by atoms with van der Waals surface area (Å²) >= 11 is 4.54. The van der Waals surface area contributed by atoms with E-state index in [2.05, 4.69) is 17.9 Å². The summed E-state index contributed by atoms with van der Waals surface area (Å²) in [6.45, 7) is 13.7. The standard InChI is InChI=1S/C25H39NO10S/c1-22(2,3)18(28)33-11-32-17(27)15-14-13(37)10-25(16(14)15,26-21(31)36-24(7,8)9)20(30)35-12-34-19(29)23(4,5)6/h13-16,37H,10-12H2,1-9H3,(H,26,31)/t13-,14-,15-,16-,25-/m0/s1. The molecule has 0 aromatic rings. The van der Waals surface area contributed by atoms with Crippen molar-refractivity contribution in [1.29, 1.82) is 0 Å². The van der Waals surface area contributed by atoms with Gasteiger partial charge in [-0.05, 0) is 74.7 Å². The van der Waals surface area contributed by atoms with Crippen LogP contribution in [0.15, 0.2) is 0 Å². The van der Waals surface area contributed by atoms with Crippen molar-refractivity contribution in [3.8, 4) is 0 Å². The van der Waals surface area contributed by atoms with Gasteiger partial charge < -0.3 is 29.0 Å². The molecular weight excluding hydrogens is 506 g/mol. The third-order valence-electron chi connectivity index (χ3n) is 5.98. The Bertz CT molecular complexity index is 929. The Hall–Kier alpha value is -2.50. The van der Waals surface area contributed by atoms with Crippen molar-refractivity contribution in [2.45, 2.75) is 85.1 Å². The van der Waals surface area contributed by atoms with Gasteiger partial charge in [0.1, 0.15) is 11.1 Å². The third kappa shape index (κ3) is 7.52. The lowest BCUT2D eigenvalue weighted by atomic mass is 9.90. The summed E-state index contributed by atoms with van der Waals surface area (Å²) in [4.78, 5) is 62.8. The monoisotopic (exact) mass is 545 g/mol.